The molecule has 1 unspecified atom stereocenters. The van der Waals surface area contributed by atoms with Crippen molar-refractivity contribution in [3.05, 3.63) is 25.0 Å². The molecular weight excluding hydrogens is 126 g/mol. The predicted octanol–water partition coefficient (Wildman–Crippen LogP) is 1.86. The van der Waals surface area contributed by atoms with E-state index in [4.69, 9.17) is 5.26 Å². The number of hydrogen-bond donors (Lipinski definition) is 0. The Balaban J connectivity index is 3.73. The molecular formula is C8H11NO. The van der Waals surface area contributed by atoms with Gasteiger partial charge in [-0.1, -0.05) is 6.08 Å². The Labute approximate surface area is 61.4 Å². The van der Waals surface area contributed by atoms with Crippen molar-refractivity contribution in [3.63, 3.8) is 0 Å². The number of ether oxygens (including phenoxy) is 1. The molecule has 2 nitrogen and oxygen atoms in total. The molecule has 0 aliphatic rings. The Bertz CT molecular complexity index is 155. The Kier molecular flexibility index (Phi) is 5.17. The summed E-state index contributed by atoms with van der Waals surface area (Å²) in [6.45, 7) is 3.53. The fourth-order valence-corrected chi connectivity index (χ4v) is 0.527. The first-order valence-electron chi connectivity index (χ1n) is 3.05. The number of nitriles is 1. The van der Waals surface area contributed by atoms with Crippen molar-refractivity contribution < 1.29 is 4.74 Å². The van der Waals surface area contributed by atoms with Crippen LogP contribution >= 0.6 is 0 Å². The summed E-state index contributed by atoms with van der Waals surface area (Å²) >= 11 is 0. The molecule has 0 aromatic heterocycles. The van der Waals surface area contributed by atoms with Gasteiger partial charge in [0.25, 0.3) is 0 Å². The molecule has 0 rings (SSSR count). The van der Waals surface area contributed by atoms with E-state index < -0.39 is 0 Å². The van der Waals surface area contributed by atoms with E-state index in [1.54, 1.807) is 19.3 Å². The fourth-order valence-electron chi connectivity index (χ4n) is 0.527. The second kappa shape index (κ2) is 5.90. The highest BCUT2D eigenvalue weighted by atomic mass is 16.5. The Morgan fingerprint density at radius 3 is 2.90 bits per heavy atom. The van der Waals surface area contributed by atoms with Crippen molar-refractivity contribution in [2.24, 2.45) is 5.92 Å². The van der Waals surface area contributed by atoms with Crippen LogP contribution in [0.25, 0.3) is 0 Å². The topological polar surface area (TPSA) is 33.0 Å². The zero-order valence-electron chi connectivity index (χ0n) is 6.08. The van der Waals surface area contributed by atoms with Gasteiger partial charge in [-0.25, -0.2) is 0 Å². The van der Waals surface area contributed by atoms with E-state index in [2.05, 4.69) is 17.4 Å². The van der Waals surface area contributed by atoms with Crippen molar-refractivity contribution in [1.82, 2.24) is 0 Å². The molecule has 1 atom stereocenters. The van der Waals surface area contributed by atoms with Gasteiger partial charge in [-0.05, 0) is 12.5 Å². The Morgan fingerprint density at radius 2 is 2.50 bits per heavy atom. The molecule has 0 heterocycles. The third-order valence-electron chi connectivity index (χ3n) is 1.03. The van der Waals surface area contributed by atoms with Crippen LogP contribution in [0.15, 0.2) is 25.0 Å². The molecule has 0 saturated carbocycles. The molecule has 0 bridgehead atoms. The summed E-state index contributed by atoms with van der Waals surface area (Å²) in [5, 5.41) is 8.48. The lowest BCUT2D eigenvalue weighted by atomic mass is 10.1. The van der Waals surface area contributed by atoms with Crippen LogP contribution in [-0.2, 0) is 4.74 Å². The molecule has 0 amide bonds. The summed E-state index contributed by atoms with van der Waals surface area (Å²) < 4.78 is 4.65. The molecule has 0 aliphatic carbocycles. The molecule has 0 fully saturated rings. The SMILES string of the molecule is C=CCC(C#N)C=COC. The number of methoxy groups -OCH3 is 1. The van der Waals surface area contributed by atoms with E-state index in [-0.39, 0.29) is 5.92 Å². The van der Waals surface area contributed by atoms with Crippen LogP contribution in [0.2, 0.25) is 0 Å². The lowest BCUT2D eigenvalue weighted by Crippen LogP contribution is -1.88. The van der Waals surface area contributed by atoms with Crippen molar-refractivity contribution in [2.45, 2.75) is 6.42 Å². The van der Waals surface area contributed by atoms with E-state index in [0.29, 0.717) is 6.42 Å². The zero-order valence-corrected chi connectivity index (χ0v) is 6.08. The van der Waals surface area contributed by atoms with Gasteiger partial charge in [0.1, 0.15) is 0 Å². The maximum absolute atomic E-state index is 8.48. The average Bonchev–Trinajstić information content (AvgIpc) is 1.98. The molecule has 2 heteroatoms. The van der Waals surface area contributed by atoms with Crippen molar-refractivity contribution in [3.8, 4) is 6.07 Å². The second-order valence-electron chi connectivity index (χ2n) is 1.82. The molecule has 0 aromatic carbocycles. The van der Waals surface area contributed by atoms with Crippen LogP contribution in [0.4, 0.5) is 0 Å². The monoisotopic (exact) mass is 137 g/mol. The van der Waals surface area contributed by atoms with Crippen LogP contribution in [0.1, 0.15) is 6.42 Å². The van der Waals surface area contributed by atoms with Crippen LogP contribution in [0.5, 0.6) is 0 Å². The predicted molar refractivity (Wildman–Crippen MR) is 40.1 cm³/mol. The van der Waals surface area contributed by atoms with Crippen molar-refractivity contribution >= 4 is 0 Å². The van der Waals surface area contributed by atoms with Crippen LogP contribution in [0.3, 0.4) is 0 Å². The summed E-state index contributed by atoms with van der Waals surface area (Å²) in [7, 11) is 1.55. The first kappa shape index (κ1) is 8.77. The summed E-state index contributed by atoms with van der Waals surface area (Å²) in [5.74, 6) is -0.0996. The van der Waals surface area contributed by atoms with E-state index in [1.165, 1.54) is 6.26 Å². The van der Waals surface area contributed by atoms with Gasteiger partial charge in [0, 0.05) is 0 Å². The smallest absolute Gasteiger partial charge is 0.0797 e. The number of rotatable bonds is 4. The second-order valence-corrected chi connectivity index (χ2v) is 1.82. The first-order chi connectivity index (χ1) is 4.85. The van der Waals surface area contributed by atoms with Gasteiger partial charge in [0.05, 0.1) is 25.4 Å². The Morgan fingerprint density at radius 1 is 1.80 bits per heavy atom. The van der Waals surface area contributed by atoms with Crippen LogP contribution in [-0.4, -0.2) is 7.11 Å². The van der Waals surface area contributed by atoms with Crippen molar-refractivity contribution in [1.29, 1.82) is 5.26 Å². The van der Waals surface area contributed by atoms with Crippen LogP contribution < -0.4 is 0 Å². The summed E-state index contributed by atoms with van der Waals surface area (Å²) in [5.41, 5.74) is 0. The molecule has 0 radical (unpaired) electrons. The third kappa shape index (κ3) is 3.73. The van der Waals surface area contributed by atoms with E-state index >= 15 is 0 Å². The summed E-state index contributed by atoms with van der Waals surface area (Å²) in [6.07, 6.45) is 5.61. The fraction of sp³-hybridized carbons (Fsp3) is 0.375. The highest BCUT2D eigenvalue weighted by molar-refractivity contribution is 5.00. The minimum atomic E-state index is -0.0996. The van der Waals surface area contributed by atoms with Gasteiger partial charge in [0.2, 0.25) is 0 Å². The maximum Gasteiger partial charge on any atom is 0.0797 e. The molecule has 0 N–H and O–H groups in total. The van der Waals surface area contributed by atoms with Gasteiger partial charge < -0.3 is 4.74 Å². The summed E-state index contributed by atoms with van der Waals surface area (Å²) in [4.78, 5) is 0. The van der Waals surface area contributed by atoms with Gasteiger partial charge in [-0.3, -0.25) is 0 Å². The van der Waals surface area contributed by atoms with Crippen LogP contribution in [0, 0.1) is 17.2 Å². The number of allylic oxidation sites excluding steroid dienone is 2. The van der Waals surface area contributed by atoms with Crippen molar-refractivity contribution in [2.75, 3.05) is 7.11 Å². The number of nitrogens with zero attached hydrogens (tertiary/aromatic N) is 1. The largest absolute Gasteiger partial charge is 0.505 e. The highest BCUT2D eigenvalue weighted by Gasteiger charge is 1.97. The number of hydrogen-bond acceptors (Lipinski definition) is 2. The minimum Gasteiger partial charge on any atom is -0.505 e. The minimum absolute atomic E-state index is 0.0996. The average molecular weight is 137 g/mol. The molecule has 54 valence electrons. The van der Waals surface area contributed by atoms with Gasteiger partial charge in [0.15, 0.2) is 0 Å². The molecule has 0 aliphatic heterocycles. The lowest BCUT2D eigenvalue weighted by Gasteiger charge is -1.95. The maximum atomic E-state index is 8.48. The van der Waals surface area contributed by atoms with Gasteiger partial charge >= 0.3 is 0 Å². The van der Waals surface area contributed by atoms with E-state index in [9.17, 15) is 0 Å². The van der Waals surface area contributed by atoms with Gasteiger partial charge in [-0.15, -0.1) is 6.58 Å². The van der Waals surface area contributed by atoms with Gasteiger partial charge in [-0.2, -0.15) is 5.26 Å². The van der Waals surface area contributed by atoms with E-state index in [0.717, 1.165) is 0 Å². The highest BCUT2D eigenvalue weighted by Crippen LogP contribution is 2.02. The standard InChI is InChI=1S/C8H11NO/c1-3-4-8(7-9)5-6-10-2/h3,5-6,8H,1,4H2,2H3. The van der Waals surface area contributed by atoms with E-state index in [1.807, 2.05) is 0 Å². The summed E-state index contributed by atoms with van der Waals surface area (Å²) in [6, 6.07) is 2.10. The molecule has 10 heavy (non-hydrogen) atoms. The quantitative estimate of drug-likeness (QED) is 0.437. The Hall–Kier alpha value is -1.23. The third-order valence-corrected chi connectivity index (χ3v) is 1.03. The zero-order chi connectivity index (χ0) is 7.82. The molecule has 0 aromatic rings. The molecule has 0 spiro atoms. The molecule has 0 saturated heterocycles. The normalized spacial score (nSPS) is 12.4. The first-order valence-corrected chi connectivity index (χ1v) is 3.05. The lowest BCUT2D eigenvalue weighted by molar-refractivity contribution is 0.335.